The fourth-order valence-electron chi connectivity index (χ4n) is 2.12. The molecule has 5 nitrogen and oxygen atoms in total. The summed E-state index contributed by atoms with van der Waals surface area (Å²) in [7, 11) is 5.11. The first-order chi connectivity index (χ1) is 8.50. The predicted octanol–water partition coefficient (Wildman–Crippen LogP) is 0.313. The van der Waals surface area contributed by atoms with Crippen molar-refractivity contribution in [2.24, 2.45) is 5.92 Å². The molecule has 0 aromatic carbocycles. The molecule has 1 rings (SSSR count). The van der Waals surface area contributed by atoms with Gasteiger partial charge in [-0.05, 0) is 38.3 Å². The summed E-state index contributed by atoms with van der Waals surface area (Å²) in [6.45, 7) is 2.31. The van der Waals surface area contributed by atoms with Gasteiger partial charge in [0.25, 0.3) is 0 Å². The molecule has 0 aromatic heterocycles. The van der Waals surface area contributed by atoms with Gasteiger partial charge in [0.1, 0.15) is 0 Å². The van der Waals surface area contributed by atoms with Gasteiger partial charge in [-0.25, -0.2) is 0 Å². The van der Waals surface area contributed by atoms with Gasteiger partial charge in [-0.15, -0.1) is 0 Å². The number of likely N-dealkylation sites (N-methyl/N-ethyl adjacent to an activating group) is 2. The van der Waals surface area contributed by atoms with E-state index in [1.54, 1.807) is 21.1 Å². The van der Waals surface area contributed by atoms with E-state index in [1.807, 2.05) is 0 Å². The number of nitrogens with one attached hydrogen (secondary N) is 1. The number of carbonyl (C=O) groups is 2. The molecule has 0 radical (unpaired) electrons. The minimum absolute atomic E-state index is 0.0345. The molecule has 0 atom stereocenters. The van der Waals surface area contributed by atoms with Crippen LogP contribution in [0.5, 0.6) is 0 Å². The summed E-state index contributed by atoms with van der Waals surface area (Å²) in [5, 5.41) is 3.32. The van der Waals surface area contributed by atoms with E-state index >= 15 is 0 Å². The molecule has 1 heterocycles. The van der Waals surface area contributed by atoms with Gasteiger partial charge in [-0.2, -0.15) is 0 Å². The highest BCUT2D eigenvalue weighted by Crippen LogP contribution is 2.18. The number of rotatable bonds is 5. The van der Waals surface area contributed by atoms with Crippen molar-refractivity contribution in [1.82, 2.24) is 15.1 Å². The number of carbonyl (C=O) groups excluding carboxylic acids is 2. The third kappa shape index (κ3) is 5.04. The third-order valence-corrected chi connectivity index (χ3v) is 3.52. The highest BCUT2D eigenvalue weighted by Gasteiger charge is 2.17. The molecule has 1 aliphatic heterocycles. The lowest BCUT2D eigenvalue weighted by Crippen LogP contribution is -2.38. The van der Waals surface area contributed by atoms with Gasteiger partial charge in [0.2, 0.25) is 11.8 Å². The average Bonchev–Trinajstić information content (AvgIpc) is 2.36. The van der Waals surface area contributed by atoms with Crippen molar-refractivity contribution in [1.29, 1.82) is 0 Å². The molecule has 0 aliphatic carbocycles. The number of hydrogen-bond acceptors (Lipinski definition) is 3. The van der Waals surface area contributed by atoms with Crippen LogP contribution in [0.4, 0.5) is 0 Å². The van der Waals surface area contributed by atoms with E-state index in [0.29, 0.717) is 12.3 Å². The summed E-state index contributed by atoms with van der Waals surface area (Å²) in [5.74, 6) is 0.699. The Labute approximate surface area is 110 Å². The van der Waals surface area contributed by atoms with Gasteiger partial charge >= 0.3 is 0 Å². The van der Waals surface area contributed by atoms with Gasteiger partial charge in [0.15, 0.2) is 0 Å². The number of nitrogens with zero attached hydrogens (tertiary/aromatic N) is 2. The fourth-order valence-corrected chi connectivity index (χ4v) is 2.12. The zero-order valence-electron chi connectivity index (χ0n) is 11.7. The maximum Gasteiger partial charge on any atom is 0.241 e. The summed E-state index contributed by atoms with van der Waals surface area (Å²) >= 11 is 0. The normalized spacial score (nSPS) is 16.4. The van der Waals surface area contributed by atoms with Crippen LogP contribution in [0, 0.1) is 5.92 Å². The van der Waals surface area contributed by atoms with Crippen molar-refractivity contribution >= 4 is 11.8 Å². The Kier molecular flexibility index (Phi) is 6.12. The highest BCUT2D eigenvalue weighted by atomic mass is 16.2. The Morgan fingerprint density at radius 1 is 1.11 bits per heavy atom. The predicted molar refractivity (Wildman–Crippen MR) is 71.2 cm³/mol. The van der Waals surface area contributed by atoms with E-state index < -0.39 is 0 Å². The van der Waals surface area contributed by atoms with Gasteiger partial charge in [0.05, 0.1) is 6.54 Å². The van der Waals surface area contributed by atoms with Crippen LogP contribution in [0.25, 0.3) is 0 Å². The summed E-state index contributed by atoms with van der Waals surface area (Å²) in [5.41, 5.74) is 0. The van der Waals surface area contributed by atoms with Crippen LogP contribution in [0.1, 0.15) is 25.7 Å². The molecule has 104 valence electrons. The first-order valence-corrected chi connectivity index (χ1v) is 6.65. The Morgan fingerprint density at radius 3 is 2.28 bits per heavy atom. The van der Waals surface area contributed by atoms with E-state index in [1.165, 1.54) is 9.80 Å². The van der Waals surface area contributed by atoms with Crippen molar-refractivity contribution in [3.05, 3.63) is 0 Å². The maximum absolute atomic E-state index is 11.9. The lowest BCUT2D eigenvalue weighted by atomic mass is 9.93. The maximum atomic E-state index is 11.9. The largest absolute Gasteiger partial charge is 0.347 e. The topological polar surface area (TPSA) is 52.7 Å². The smallest absolute Gasteiger partial charge is 0.241 e. The van der Waals surface area contributed by atoms with E-state index in [4.69, 9.17) is 0 Å². The number of piperidine rings is 1. The molecule has 0 unspecified atom stereocenters. The van der Waals surface area contributed by atoms with Crippen LogP contribution >= 0.6 is 0 Å². The second kappa shape index (κ2) is 7.36. The van der Waals surface area contributed by atoms with Crippen LogP contribution in [-0.2, 0) is 9.59 Å². The highest BCUT2D eigenvalue weighted by molar-refractivity contribution is 5.84. The molecule has 1 saturated heterocycles. The molecule has 0 saturated carbocycles. The van der Waals surface area contributed by atoms with Crippen molar-refractivity contribution < 1.29 is 9.59 Å². The molecule has 5 heteroatoms. The molecule has 1 aliphatic rings. The minimum Gasteiger partial charge on any atom is -0.347 e. The molecule has 2 amide bonds. The molecule has 1 fully saturated rings. The molecular formula is C13H25N3O2. The van der Waals surface area contributed by atoms with E-state index in [9.17, 15) is 9.59 Å². The van der Waals surface area contributed by atoms with Crippen LogP contribution < -0.4 is 5.32 Å². The Morgan fingerprint density at radius 2 is 1.72 bits per heavy atom. The standard InChI is InChI=1S/C13H25N3O2/c1-15(2)13(18)10-16(3)12(17)5-4-11-6-8-14-9-7-11/h11,14H,4-10H2,1-3H3. The zero-order valence-corrected chi connectivity index (χ0v) is 11.7. The fraction of sp³-hybridized carbons (Fsp3) is 0.846. The summed E-state index contributed by atoms with van der Waals surface area (Å²) in [4.78, 5) is 26.4. The third-order valence-electron chi connectivity index (χ3n) is 3.52. The second-order valence-corrected chi connectivity index (χ2v) is 5.27. The SMILES string of the molecule is CN(C)C(=O)CN(C)C(=O)CCC1CCNCC1. The number of amides is 2. The molecule has 0 aromatic rings. The first kappa shape index (κ1) is 15.0. The van der Waals surface area contributed by atoms with Crippen LogP contribution in [0.3, 0.4) is 0 Å². The lowest BCUT2D eigenvalue weighted by molar-refractivity contribution is -0.138. The number of hydrogen-bond donors (Lipinski definition) is 1. The van der Waals surface area contributed by atoms with Gasteiger partial charge in [0, 0.05) is 27.6 Å². The van der Waals surface area contributed by atoms with E-state index in [2.05, 4.69) is 5.32 Å². The Bertz CT molecular complexity index is 286. The Balaban J connectivity index is 2.24. The van der Waals surface area contributed by atoms with Crippen LogP contribution in [-0.4, -0.2) is 62.4 Å². The molecule has 0 spiro atoms. The molecule has 0 bridgehead atoms. The average molecular weight is 255 g/mol. The van der Waals surface area contributed by atoms with Gasteiger partial charge in [-0.3, -0.25) is 9.59 Å². The quantitative estimate of drug-likeness (QED) is 0.769. The summed E-state index contributed by atoms with van der Waals surface area (Å²) in [6, 6.07) is 0. The summed E-state index contributed by atoms with van der Waals surface area (Å²) < 4.78 is 0. The molecular weight excluding hydrogens is 230 g/mol. The van der Waals surface area contributed by atoms with Crippen molar-refractivity contribution in [2.75, 3.05) is 40.8 Å². The van der Waals surface area contributed by atoms with E-state index in [-0.39, 0.29) is 18.4 Å². The second-order valence-electron chi connectivity index (χ2n) is 5.27. The Hall–Kier alpha value is -1.10. The monoisotopic (exact) mass is 255 g/mol. The van der Waals surface area contributed by atoms with Crippen molar-refractivity contribution in [3.63, 3.8) is 0 Å². The van der Waals surface area contributed by atoms with Crippen molar-refractivity contribution in [3.8, 4) is 0 Å². The molecule has 18 heavy (non-hydrogen) atoms. The lowest BCUT2D eigenvalue weighted by Gasteiger charge is -2.24. The van der Waals surface area contributed by atoms with Crippen LogP contribution in [0.15, 0.2) is 0 Å². The van der Waals surface area contributed by atoms with Gasteiger partial charge in [-0.1, -0.05) is 0 Å². The minimum atomic E-state index is -0.0345. The van der Waals surface area contributed by atoms with Crippen molar-refractivity contribution in [2.45, 2.75) is 25.7 Å². The van der Waals surface area contributed by atoms with Crippen LogP contribution in [0.2, 0.25) is 0 Å². The summed E-state index contributed by atoms with van der Waals surface area (Å²) in [6.07, 6.45) is 3.82. The van der Waals surface area contributed by atoms with Gasteiger partial charge < -0.3 is 15.1 Å². The zero-order chi connectivity index (χ0) is 13.5. The first-order valence-electron chi connectivity index (χ1n) is 6.65. The molecule has 1 N–H and O–H groups in total. The van der Waals surface area contributed by atoms with E-state index in [0.717, 1.165) is 32.4 Å².